The standard InChI is InChI=1S/C14H13N4/c1-17-8-6-15-13(17)11-4-3-5-12(10-11)14-16-7-9-18(14)2/h3-9H,1-2H3/q-1. The Morgan fingerprint density at radius 3 is 1.78 bits per heavy atom. The van der Waals surface area contributed by atoms with E-state index in [-0.39, 0.29) is 0 Å². The molecule has 0 saturated carbocycles. The zero-order valence-corrected chi connectivity index (χ0v) is 10.3. The fourth-order valence-corrected chi connectivity index (χ4v) is 1.98. The molecule has 0 aliphatic heterocycles. The van der Waals surface area contributed by atoms with E-state index in [0.717, 1.165) is 22.8 Å². The number of imidazole rings is 2. The number of aryl methyl sites for hydroxylation is 2. The van der Waals surface area contributed by atoms with Gasteiger partial charge in [0, 0.05) is 38.9 Å². The zero-order valence-electron chi connectivity index (χ0n) is 10.3. The Bertz CT molecular complexity index is 623. The minimum absolute atomic E-state index is 0.908. The van der Waals surface area contributed by atoms with Crippen molar-refractivity contribution in [2.24, 2.45) is 14.1 Å². The van der Waals surface area contributed by atoms with Gasteiger partial charge >= 0.3 is 0 Å². The van der Waals surface area contributed by atoms with Gasteiger partial charge in [-0.2, -0.15) is 0 Å². The summed E-state index contributed by atoms with van der Waals surface area (Å²) in [7, 11) is 3.95. The Kier molecular flexibility index (Phi) is 2.48. The van der Waals surface area contributed by atoms with Crippen molar-refractivity contribution in [2.75, 3.05) is 0 Å². The maximum atomic E-state index is 4.34. The lowest BCUT2D eigenvalue weighted by molar-refractivity contribution is 0.920. The van der Waals surface area contributed by atoms with E-state index >= 15 is 0 Å². The first-order valence-corrected chi connectivity index (χ1v) is 5.73. The number of hydrogen-bond acceptors (Lipinski definition) is 2. The molecule has 4 heteroatoms. The van der Waals surface area contributed by atoms with Crippen LogP contribution in [0.5, 0.6) is 0 Å². The van der Waals surface area contributed by atoms with Crippen molar-refractivity contribution in [3.8, 4) is 22.8 Å². The summed E-state index contributed by atoms with van der Waals surface area (Å²) < 4.78 is 3.96. The molecule has 3 aromatic rings. The zero-order chi connectivity index (χ0) is 12.5. The van der Waals surface area contributed by atoms with Crippen molar-refractivity contribution in [1.29, 1.82) is 0 Å². The minimum Gasteiger partial charge on any atom is -0.365 e. The van der Waals surface area contributed by atoms with Gasteiger partial charge in [-0.3, -0.25) is 9.97 Å². The lowest BCUT2D eigenvalue weighted by Gasteiger charge is -2.12. The highest BCUT2D eigenvalue weighted by Gasteiger charge is 2.01. The second-order valence-electron chi connectivity index (χ2n) is 4.20. The summed E-state index contributed by atoms with van der Waals surface area (Å²) in [6.07, 6.45) is 7.43. The molecule has 2 aromatic heterocycles. The van der Waals surface area contributed by atoms with Gasteiger partial charge in [-0.15, -0.1) is 24.3 Å². The van der Waals surface area contributed by atoms with Gasteiger partial charge in [0.05, 0.1) is 11.6 Å². The van der Waals surface area contributed by atoms with Crippen molar-refractivity contribution in [2.45, 2.75) is 0 Å². The van der Waals surface area contributed by atoms with E-state index in [1.165, 1.54) is 0 Å². The van der Waals surface area contributed by atoms with Crippen LogP contribution in [0.2, 0.25) is 0 Å². The highest BCUT2D eigenvalue weighted by molar-refractivity contribution is 5.65. The first-order chi connectivity index (χ1) is 8.75. The maximum Gasteiger partial charge on any atom is 0.0727 e. The Balaban J connectivity index is 2.11. The fraction of sp³-hybridized carbons (Fsp3) is 0.143. The predicted octanol–water partition coefficient (Wildman–Crippen LogP) is 2.29. The molecule has 0 spiro atoms. The molecule has 0 radical (unpaired) electrons. The molecular formula is C14H13N4-. The Morgan fingerprint density at radius 2 is 1.39 bits per heavy atom. The van der Waals surface area contributed by atoms with Crippen LogP contribution < -0.4 is 0 Å². The number of hydrogen-bond donors (Lipinski definition) is 0. The Hall–Kier alpha value is -2.36. The maximum absolute atomic E-state index is 4.34. The van der Waals surface area contributed by atoms with Crippen LogP contribution in [-0.2, 0) is 14.1 Å². The number of aromatic nitrogens is 4. The summed E-state index contributed by atoms with van der Waals surface area (Å²) in [6, 6.07) is 9.39. The largest absolute Gasteiger partial charge is 0.365 e. The van der Waals surface area contributed by atoms with Crippen LogP contribution in [-0.4, -0.2) is 19.1 Å². The van der Waals surface area contributed by atoms with Crippen molar-refractivity contribution >= 4 is 0 Å². The Morgan fingerprint density at radius 1 is 0.889 bits per heavy atom. The molecule has 0 saturated heterocycles. The third kappa shape index (κ3) is 1.72. The van der Waals surface area contributed by atoms with Crippen LogP contribution in [0.15, 0.2) is 43.0 Å². The van der Waals surface area contributed by atoms with Gasteiger partial charge in [-0.1, -0.05) is 11.1 Å². The molecule has 0 atom stereocenters. The smallest absolute Gasteiger partial charge is 0.0727 e. The van der Waals surface area contributed by atoms with E-state index in [4.69, 9.17) is 0 Å². The second kappa shape index (κ2) is 4.14. The van der Waals surface area contributed by atoms with Crippen molar-refractivity contribution in [1.82, 2.24) is 19.1 Å². The first kappa shape index (κ1) is 10.8. The average molecular weight is 237 g/mol. The molecule has 0 amide bonds. The lowest BCUT2D eigenvalue weighted by Crippen LogP contribution is -1.94. The molecule has 1 aromatic carbocycles. The normalized spacial score (nSPS) is 10.8. The number of rotatable bonds is 2. The van der Waals surface area contributed by atoms with Crippen LogP contribution in [0.25, 0.3) is 22.8 Å². The summed E-state index contributed by atoms with van der Waals surface area (Å²) in [6.45, 7) is 0. The van der Waals surface area contributed by atoms with E-state index < -0.39 is 0 Å². The molecule has 18 heavy (non-hydrogen) atoms. The molecular weight excluding hydrogens is 224 g/mol. The highest BCUT2D eigenvalue weighted by Crippen LogP contribution is 2.22. The van der Waals surface area contributed by atoms with E-state index in [9.17, 15) is 0 Å². The van der Waals surface area contributed by atoms with Crippen LogP contribution in [0.1, 0.15) is 0 Å². The van der Waals surface area contributed by atoms with Crippen molar-refractivity contribution in [3.63, 3.8) is 0 Å². The molecule has 4 nitrogen and oxygen atoms in total. The SMILES string of the molecule is Cn1ccnc1-c1[c-]c(-c2nccn2C)ccc1. The van der Waals surface area contributed by atoms with Crippen molar-refractivity contribution in [3.05, 3.63) is 49.1 Å². The van der Waals surface area contributed by atoms with Gasteiger partial charge in [0.25, 0.3) is 0 Å². The van der Waals surface area contributed by atoms with Gasteiger partial charge in [0.15, 0.2) is 0 Å². The number of benzene rings is 1. The van der Waals surface area contributed by atoms with E-state index in [1.807, 2.05) is 53.8 Å². The topological polar surface area (TPSA) is 35.6 Å². The molecule has 0 N–H and O–H groups in total. The van der Waals surface area contributed by atoms with Gasteiger partial charge in [0.1, 0.15) is 0 Å². The summed E-state index contributed by atoms with van der Waals surface area (Å²) in [5, 5.41) is 0. The summed E-state index contributed by atoms with van der Waals surface area (Å²) in [5.74, 6) is 1.82. The minimum atomic E-state index is 0.908. The molecule has 0 aliphatic carbocycles. The average Bonchev–Trinajstić information content (AvgIpc) is 2.98. The molecule has 0 bridgehead atoms. The van der Waals surface area contributed by atoms with E-state index in [0.29, 0.717) is 0 Å². The van der Waals surface area contributed by atoms with E-state index in [1.54, 1.807) is 12.4 Å². The molecule has 0 unspecified atom stereocenters. The molecule has 0 fully saturated rings. The van der Waals surface area contributed by atoms with Gasteiger partial charge in [-0.05, 0) is 0 Å². The molecule has 0 aliphatic rings. The summed E-state index contributed by atoms with van der Waals surface area (Å²) in [4.78, 5) is 8.67. The molecule has 2 heterocycles. The first-order valence-electron chi connectivity index (χ1n) is 5.73. The van der Waals surface area contributed by atoms with Crippen LogP contribution in [0, 0.1) is 6.07 Å². The quantitative estimate of drug-likeness (QED) is 0.641. The monoisotopic (exact) mass is 237 g/mol. The van der Waals surface area contributed by atoms with E-state index in [2.05, 4.69) is 16.0 Å². The van der Waals surface area contributed by atoms with Gasteiger partial charge < -0.3 is 9.13 Å². The highest BCUT2D eigenvalue weighted by atomic mass is 15.0. The molecule has 3 rings (SSSR count). The van der Waals surface area contributed by atoms with Crippen LogP contribution in [0.3, 0.4) is 0 Å². The predicted molar refractivity (Wildman–Crippen MR) is 69.7 cm³/mol. The fourth-order valence-electron chi connectivity index (χ4n) is 1.98. The summed E-state index contributed by atoms with van der Waals surface area (Å²) in [5.41, 5.74) is 1.95. The second-order valence-corrected chi connectivity index (χ2v) is 4.20. The van der Waals surface area contributed by atoms with Crippen molar-refractivity contribution < 1.29 is 0 Å². The Labute approximate surface area is 106 Å². The lowest BCUT2D eigenvalue weighted by atomic mass is 10.1. The third-order valence-corrected chi connectivity index (χ3v) is 2.92. The van der Waals surface area contributed by atoms with Crippen LogP contribution >= 0.6 is 0 Å². The van der Waals surface area contributed by atoms with Gasteiger partial charge in [-0.25, -0.2) is 0 Å². The molecule has 90 valence electrons. The van der Waals surface area contributed by atoms with Crippen LogP contribution in [0.4, 0.5) is 0 Å². The van der Waals surface area contributed by atoms with Gasteiger partial charge in [0.2, 0.25) is 0 Å². The third-order valence-electron chi connectivity index (χ3n) is 2.92. The number of nitrogens with zero attached hydrogens (tertiary/aromatic N) is 4. The summed E-state index contributed by atoms with van der Waals surface area (Å²) >= 11 is 0.